The summed E-state index contributed by atoms with van der Waals surface area (Å²) >= 11 is 3.48. The van der Waals surface area contributed by atoms with E-state index in [-0.39, 0.29) is 11.3 Å². The number of aromatic hydroxyl groups is 1. The Balaban J connectivity index is 1.93. The predicted molar refractivity (Wildman–Crippen MR) is 113 cm³/mol. The molecule has 28 heavy (non-hydrogen) atoms. The Bertz CT molecular complexity index is 1110. The van der Waals surface area contributed by atoms with Crippen molar-refractivity contribution < 1.29 is 9.90 Å². The molecular formula is C22H18BrN3O2. The number of nitrogens with one attached hydrogen (secondary N) is 1. The summed E-state index contributed by atoms with van der Waals surface area (Å²) in [5, 5.41) is 21.5. The number of nitrogens with zero attached hydrogens (tertiary/aromatic N) is 2. The largest absolute Gasteiger partial charge is 0.508 e. The first-order valence-electron chi connectivity index (χ1n) is 8.56. The molecule has 0 radical (unpaired) electrons. The van der Waals surface area contributed by atoms with Crippen molar-refractivity contribution in [2.45, 2.75) is 13.8 Å². The number of rotatable bonds is 4. The van der Waals surface area contributed by atoms with Crippen molar-refractivity contribution in [3.8, 4) is 17.5 Å². The second kappa shape index (κ2) is 8.15. The van der Waals surface area contributed by atoms with Crippen molar-refractivity contribution >= 4 is 33.6 Å². The topological polar surface area (TPSA) is 78.1 Å². The molecule has 0 atom stereocenters. The summed E-state index contributed by atoms with van der Waals surface area (Å²) in [6.07, 6.45) is 1.59. The Hall–Kier alpha value is -3.30. The van der Waals surface area contributed by atoms with E-state index in [0.29, 0.717) is 5.69 Å². The standard InChI is InChI=1S/C22H18BrN3O2/c1-14-10-16(15(2)26(14)20-5-3-4-18(23)12-20)11-17(13-24)22(28)25-19-6-8-21(27)9-7-19/h3-12,27H,1-2H3,(H,25,28)/b17-11-. The van der Waals surface area contributed by atoms with Crippen molar-refractivity contribution in [1.29, 1.82) is 5.26 Å². The van der Waals surface area contributed by atoms with Gasteiger partial charge in [0.15, 0.2) is 0 Å². The lowest BCUT2D eigenvalue weighted by Crippen LogP contribution is -2.13. The van der Waals surface area contributed by atoms with E-state index < -0.39 is 5.91 Å². The van der Waals surface area contributed by atoms with Crippen LogP contribution in [0.3, 0.4) is 0 Å². The maximum atomic E-state index is 12.5. The molecule has 1 amide bonds. The van der Waals surface area contributed by atoms with Crippen LogP contribution in [0, 0.1) is 25.2 Å². The third kappa shape index (κ3) is 4.16. The Morgan fingerprint density at radius 3 is 2.54 bits per heavy atom. The first kappa shape index (κ1) is 19.5. The predicted octanol–water partition coefficient (Wildman–Crippen LogP) is 5.11. The van der Waals surface area contributed by atoms with Gasteiger partial charge in [-0.25, -0.2) is 0 Å². The first-order chi connectivity index (χ1) is 13.4. The summed E-state index contributed by atoms with van der Waals surface area (Å²) in [5.74, 6) is -0.394. The molecule has 0 aliphatic rings. The molecule has 140 valence electrons. The van der Waals surface area contributed by atoms with E-state index in [0.717, 1.165) is 27.1 Å². The van der Waals surface area contributed by atoms with Gasteiger partial charge in [-0.2, -0.15) is 5.26 Å². The van der Waals surface area contributed by atoms with Crippen LogP contribution in [-0.4, -0.2) is 15.6 Å². The second-order valence-corrected chi connectivity index (χ2v) is 7.23. The van der Waals surface area contributed by atoms with Gasteiger partial charge in [-0.05, 0) is 74.0 Å². The van der Waals surface area contributed by atoms with Gasteiger partial charge in [0.05, 0.1) is 0 Å². The van der Waals surface area contributed by atoms with Crippen LogP contribution in [0.4, 0.5) is 5.69 Å². The number of aryl methyl sites for hydroxylation is 1. The van der Waals surface area contributed by atoms with E-state index in [1.807, 2.05) is 50.2 Å². The minimum atomic E-state index is -0.500. The van der Waals surface area contributed by atoms with Crippen LogP contribution in [0.25, 0.3) is 11.8 Å². The van der Waals surface area contributed by atoms with Crippen LogP contribution in [0.5, 0.6) is 5.75 Å². The van der Waals surface area contributed by atoms with Gasteiger partial charge in [0, 0.05) is 27.2 Å². The lowest BCUT2D eigenvalue weighted by Gasteiger charge is -2.10. The number of hydrogen-bond donors (Lipinski definition) is 2. The van der Waals surface area contributed by atoms with Gasteiger partial charge in [-0.15, -0.1) is 0 Å². The molecule has 6 heteroatoms. The monoisotopic (exact) mass is 435 g/mol. The Morgan fingerprint density at radius 2 is 1.89 bits per heavy atom. The Kier molecular flexibility index (Phi) is 5.67. The van der Waals surface area contributed by atoms with Crippen molar-refractivity contribution in [1.82, 2.24) is 4.57 Å². The highest BCUT2D eigenvalue weighted by molar-refractivity contribution is 9.10. The van der Waals surface area contributed by atoms with Gasteiger partial charge >= 0.3 is 0 Å². The minimum absolute atomic E-state index is 0.00238. The molecule has 2 aromatic carbocycles. The van der Waals surface area contributed by atoms with Gasteiger partial charge in [0.1, 0.15) is 17.4 Å². The molecule has 0 aliphatic heterocycles. The number of anilines is 1. The minimum Gasteiger partial charge on any atom is -0.508 e. The average Bonchev–Trinajstić information content (AvgIpc) is 2.94. The summed E-state index contributed by atoms with van der Waals surface area (Å²) in [7, 11) is 0. The van der Waals surface area contributed by atoms with Crippen LogP contribution in [0.1, 0.15) is 17.0 Å². The van der Waals surface area contributed by atoms with E-state index >= 15 is 0 Å². The first-order valence-corrected chi connectivity index (χ1v) is 9.35. The fourth-order valence-electron chi connectivity index (χ4n) is 2.99. The normalized spacial score (nSPS) is 11.1. The lowest BCUT2D eigenvalue weighted by atomic mass is 10.1. The van der Waals surface area contributed by atoms with Gasteiger partial charge in [-0.1, -0.05) is 22.0 Å². The van der Waals surface area contributed by atoms with Gasteiger partial charge in [0.2, 0.25) is 0 Å². The number of nitriles is 1. The number of amides is 1. The third-order valence-electron chi connectivity index (χ3n) is 4.33. The molecule has 3 rings (SSSR count). The lowest BCUT2D eigenvalue weighted by molar-refractivity contribution is -0.112. The molecule has 0 fully saturated rings. The van der Waals surface area contributed by atoms with E-state index in [2.05, 4.69) is 25.8 Å². The fourth-order valence-corrected chi connectivity index (χ4v) is 3.38. The number of carbonyl (C=O) groups is 1. The zero-order valence-electron chi connectivity index (χ0n) is 15.4. The van der Waals surface area contributed by atoms with E-state index in [1.54, 1.807) is 18.2 Å². The fraction of sp³-hybridized carbons (Fsp3) is 0.0909. The zero-order chi connectivity index (χ0) is 20.3. The molecule has 0 saturated heterocycles. The summed E-state index contributed by atoms with van der Waals surface area (Å²) in [6, 6.07) is 17.9. The number of phenolic OH excluding ortho intramolecular Hbond substituents is 1. The maximum Gasteiger partial charge on any atom is 0.266 e. The third-order valence-corrected chi connectivity index (χ3v) is 4.82. The number of aromatic nitrogens is 1. The summed E-state index contributed by atoms with van der Waals surface area (Å²) < 4.78 is 3.05. The number of carbonyl (C=O) groups excluding carboxylic acids is 1. The van der Waals surface area contributed by atoms with Gasteiger partial charge < -0.3 is 15.0 Å². The van der Waals surface area contributed by atoms with Gasteiger partial charge in [0.25, 0.3) is 5.91 Å². The zero-order valence-corrected chi connectivity index (χ0v) is 17.0. The molecule has 5 nitrogen and oxygen atoms in total. The van der Waals surface area contributed by atoms with Gasteiger partial charge in [-0.3, -0.25) is 4.79 Å². The smallest absolute Gasteiger partial charge is 0.266 e. The molecule has 3 aromatic rings. The molecule has 0 unspecified atom stereocenters. The molecule has 0 saturated carbocycles. The highest BCUT2D eigenvalue weighted by Gasteiger charge is 2.14. The summed E-state index contributed by atoms with van der Waals surface area (Å²) in [4.78, 5) is 12.5. The number of halogens is 1. The van der Waals surface area contributed by atoms with E-state index in [1.165, 1.54) is 12.1 Å². The highest BCUT2D eigenvalue weighted by Crippen LogP contribution is 2.25. The number of hydrogen-bond acceptors (Lipinski definition) is 3. The average molecular weight is 436 g/mol. The molecule has 0 spiro atoms. The SMILES string of the molecule is Cc1cc(/C=C(/C#N)C(=O)Nc2ccc(O)cc2)c(C)n1-c1cccc(Br)c1. The number of phenols is 1. The van der Waals surface area contributed by atoms with Crippen molar-refractivity contribution in [2.75, 3.05) is 5.32 Å². The molecular weight excluding hydrogens is 418 g/mol. The second-order valence-electron chi connectivity index (χ2n) is 6.31. The van der Waals surface area contributed by atoms with E-state index in [9.17, 15) is 15.2 Å². The van der Waals surface area contributed by atoms with Crippen LogP contribution < -0.4 is 5.32 Å². The van der Waals surface area contributed by atoms with Crippen LogP contribution in [0.15, 0.2) is 64.6 Å². The summed E-state index contributed by atoms with van der Waals surface area (Å²) in [5.41, 5.74) is 4.23. The molecule has 0 aliphatic carbocycles. The highest BCUT2D eigenvalue weighted by atomic mass is 79.9. The summed E-state index contributed by atoms with van der Waals surface area (Å²) in [6.45, 7) is 3.93. The van der Waals surface area contributed by atoms with Crippen molar-refractivity contribution in [2.24, 2.45) is 0 Å². The quantitative estimate of drug-likeness (QED) is 0.339. The maximum absolute atomic E-state index is 12.5. The molecule has 0 bridgehead atoms. The van der Waals surface area contributed by atoms with Crippen LogP contribution in [-0.2, 0) is 4.79 Å². The van der Waals surface area contributed by atoms with Crippen molar-refractivity contribution in [3.63, 3.8) is 0 Å². The van der Waals surface area contributed by atoms with Crippen molar-refractivity contribution in [3.05, 3.63) is 81.6 Å². The number of benzene rings is 2. The molecule has 1 aromatic heterocycles. The molecule has 2 N–H and O–H groups in total. The molecule has 1 heterocycles. The van der Waals surface area contributed by atoms with E-state index in [4.69, 9.17) is 0 Å². The Labute approximate surface area is 171 Å². The van der Waals surface area contributed by atoms with Crippen LogP contribution >= 0.6 is 15.9 Å². The van der Waals surface area contributed by atoms with Crippen LogP contribution in [0.2, 0.25) is 0 Å². The Morgan fingerprint density at radius 1 is 1.18 bits per heavy atom.